The minimum absolute atomic E-state index is 0.103. The number of carbonyl (C=O) groups is 1. The second-order valence-electron chi connectivity index (χ2n) is 6.80. The molecule has 0 amide bonds. The number of carbonyl (C=O) groups excluding carboxylic acids is 1. The van der Waals surface area contributed by atoms with Gasteiger partial charge in [0.1, 0.15) is 0 Å². The zero-order valence-corrected chi connectivity index (χ0v) is 16.4. The van der Waals surface area contributed by atoms with E-state index in [0.717, 1.165) is 47.2 Å². The fourth-order valence-electron chi connectivity index (χ4n) is 3.20. The van der Waals surface area contributed by atoms with Crippen LogP contribution in [0.1, 0.15) is 48.7 Å². The van der Waals surface area contributed by atoms with Crippen LogP contribution in [-0.4, -0.2) is 34.3 Å². The number of fused-ring (bicyclic) bond motifs is 1. The van der Waals surface area contributed by atoms with Crippen molar-refractivity contribution in [3.05, 3.63) is 59.8 Å². The molecular weight excluding hydrogens is 352 g/mol. The van der Waals surface area contributed by atoms with Gasteiger partial charge in [0, 0.05) is 24.7 Å². The van der Waals surface area contributed by atoms with E-state index < -0.39 is 6.29 Å². The van der Waals surface area contributed by atoms with Gasteiger partial charge in [-0.1, -0.05) is 37.3 Å². The van der Waals surface area contributed by atoms with Crippen molar-refractivity contribution in [3.8, 4) is 11.3 Å². The number of ether oxygens (including phenoxy) is 1. The highest BCUT2D eigenvalue weighted by molar-refractivity contribution is 5.98. The molecule has 3 rings (SSSR count). The number of Topliss-reactive ketones (excluding diaryl/α,β-unsaturated/α-hetero) is 1. The lowest BCUT2D eigenvalue weighted by Crippen LogP contribution is -2.08. The molecule has 1 aromatic heterocycles. The molecule has 1 heterocycles. The largest absolute Gasteiger partial charge is 0.368 e. The van der Waals surface area contributed by atoms with E-state index in [4.69, 9.17) is 14.7 Å². The molecule has 146 valence electrons. The Balaban J connectivity index is 1.95. The normalized spacial score (nSPS) is 12.2. The third-order valence-corrected chi connectivity index (χ3v) is 4.81. The first kappa shape index (κ1) is 20.1. The van der Waals surface area contributed by atoms with Gasteiger partial charge in [0.05, 0.1) is 22.4 Å². The summed E-state index contributed by atoms with van der Waals surface area (Å²) in [5.41, 5.74) is 5.00. The predicted octanol–water partition coefficient (Wildman–Crippen LogP) is 4.57. The summed E-state index contributed by atoms with van der Waals surface area (Å²) in [7, 11) is 1.50. The predicted molar refractivity (Wildman–Crippen MR) is 110 cm³/mol. The molecule has 2 aromatic carbocycles. The van der Waals surface area contributed by atoms with Crippen molar-refractivity contribution in [1.29, 1.82) is 0 Å². The summed E-state index contributed by atoms with van der Waals surface area (Å²) in [5.74, 6) is 0.103. The fourth-order valence-corrected chi connectivity index (χ4v) is 3.20. The molecular formula is C23H26N2O3. The number of hydrogen-bond acceptors (Lipinski definition) is 5. The summed E-state index contributed by atoms with van der Waals surface area (Å²) in [6.07, 6.45) is 2.78. The number of methoxy groups -OCH3 is 1. The van der Waals surface area contributed by atoms with Gasteiger partial charge < -0.3 is 9.84 Å². The first-order valence-electron chi connectivity index (χ1n) is 9.72. The Morgan fingerprint density at radius 1 is 1.07 bits per heavy atom. The lowest BCUT2D eigenvalue weighted by Gasteiger charge is -2.12. The third-order valence-electron chi connectivity index (χ3n) is 4.81. The maximum absolute atomic E-state index is 12.0. The van der Waals surface area contributed by atoms with Gasteiger partial charge in [0.15, 0.2) is 12.1 Å². The summed E-state index contributed by atoms with van der Waals surface area (Å²) in [6, 6.07) is 15.5. The number of ketones is 1. The minimum Gasteiger partial charge on any atom is -0.368 e. The summed E-state index contributed by atoms with van der Waals surface area (Å²) in [4.78, 5) is 21.8. The molecule has 0 fully saturated rings. The van der Waals surface area contributed by atoms with Crippen LogP contribution in [0.15, 0.2) is 48.5 Å². The molecule has 5 heteroatoms. The summed E-state index contributed by atoms with van der Waals surface area (Å²) in [5, 5.41) is 9.55. The molecule has 28 heavy (non-hydrogen) atoms. The van der Waals surface area contributed by atoms with Gasteiger partial charge in [-0.05, 0) is 43.9 Å². The number of aromatic nitrogens is 2. The van der Waals surface area contributed by atoms with Crippen LogP contribution in [0.4, 0.5) is 0 Å². The lowest BCUT2D eigenvalue weighted by molar-refractivity contribution is -0.0792. The summed E-state index contributed by atoms with van der Waals surface area (Å²) < 4.78 is 4.89. The van der Waals surface area contributed by atoms with Gasteiger partial charge in [-0.25, -0.2) is 9.97 Å². The molecule has 3 aromatic rings. The Bertz CT molecular complexity index is 941. The molecule has 0 saturated heterocycles. The van der Waals surface area contributed by atoms with Crippen LogP contribution in [0.2, 0.25) is 0 Å². The smallest absolute Gasteiger partial charge is 0.162 e. The van der Waals surface area contributed by atoms with Crippen LogP contribution in [0.5, 0.6) is 0 Å². The van der Waals surface area contributed by atoms with Crippen molar-refractivity contribution in [3.63, 3.8) is 0 Å². The third kappa shape index (κ3) is 4.80. The number of aliphatic hydroxyl groups is 1. The van der Waals surface area contributed by atoms with E-state index in [-0.39, 0.29) is 5.78 Å². The van der Waals surface area contributed by atoms with E-state index in [0.29, 0.717) is 18.4 Å². The fraction of sp³-hybridized carbons (Fsp3) is 0.348. The van der Waals surface area contributed by atoms with E-state index in [9.17, 15) is 9.90 Å². The van der Waals surface area contributed by atoms with Crippen LogP contribution in [-0.2, 0) is 11.2 Å². The second kappa shape index (κ2) is 9.53. The van der Waals surface area contributed by atoms with E-state index >= 15 is 0 Å². The molecule has 5 nitrogen and oxygen atoms in total. The highest BCUT2D eigenvalue weighted by Crippen LogP contribution is 2.25. The number of aryl methyl sites for hydroxylation is 1. The Labute approximate surface area is 165 Å². The Morgan fingerprint density at radius 3 is 2.57 bits per heavy atom. The molecule has 1 unspecified atom stereocenters. The second-order valence-corrected chi connectivity index (χ2v) is 6.80. The van der Waals surface area contributed by atoms with Crippen molar-refractivity contribution in [1.82, 2.24) is 9.97 Å². The van der Waals surface area contributed by atoms with Crippen LogP contribution in [0, 0.1) is 0 Å². The first-order chi connectivity index (χ1) is 13.6. The quantitative estimate of drug-likeness (QED) is 0.335. The van der Waals surface area contributed by atoms with Gasteiger partial charge in [-0.15, -0.1) is 0 Å². The van der Waals surface area contributed by atoms with E-state index in [1.807, 2.05) is 55.5 Å². The maximum atomic E-state index is 12.0. The number of aliphatic hydroxyl groups excluding tert-OH is 1. The maximum Gasteiger partial charge on any atom is 0.162 e. The standard InChI is InChI=1S/C23H26N2O3/c1-3-21(26)17-13-14-18-20(15-17)24-19(11-7-8-12-22(27)28-2)23(25-18)16-9-5-4-6-10-16/h4-6,9-10,13-15,22,27H,3,7-8,11-12H2,1-2H3. The first-order valence-corrected chi connectivity index (χ1v) is 9.72. The number of benzene rings is 2. The molecule has 0 aliphatic rings. The van der Waals surface area contributed by atoms with Crippen molar-refractivity contribution in [2.45, 2.75) is 45.3 Å². The zero-order chi connectivity index (χ0) is 19.9. The summed E-state index contributed by atoms with van der Waals surface area (Å²) >= 11 is 0. The van der Waals surface area contributed by atoms with Crippen molar-refractivity contribution in [2.24, 2.45) is 0 Å². The molecule has 0 saturated carbocycles. The van der Waals surface area contributed by atoms with Crippen LogP contribution >= 0.6 is 0 Å². The average molecular weight is 378 g/mol. The Morgan fingerprint density at radius 2 is 1.86 bits per heavy atom. The zero-order valence-electron chi connectivity index (χ0n) is 16.4. The molecule has 0 spiro atoms. The van der Waals surface area contributed by atoms with Crippen molar-refractivity contribution in [2.75, 3.05) is 7.11 Å². The van der Waals surface area contributed by atoms with E-state index in [1.54, 1.807) is 0 Å². The molecule has 0 radical (unpaired) electrons. The van der Waals surface area contributed by atoms with Gasteiger partial charge >= 0.3 is 0 Å². The molecule has 1 atom stereocenters. The van der Waals surface area contributed by atoms with Crippen molar-refractivity contribution >= 4 is 16.8 Å². The molecule has 0 aliphatic carbocycles. The van der Waals surface area contributed by atoms with Gasteiger partial charge in [0.25, 0.3) is 0 Å². The molecule has 0 aliphatic heterocycles. The monoisotopic (exact) mass is 378 g/mol. The topological polar surface area (TPSA) is 72.3 Å². The van der Waals surface area contributed by atoms with Crippen LogP contribution in [0.3, 0.4) is 0 Å². The SMILES string of the molecule is CCC(=O)c1ccc2nc(-c3ccccc3)c(CCCCC(O)OC)nc2c1. The van der Waals surface area contributed by atoms with Crippen molar-refractivity contribution < 1.29 is 14.6 Å². The van der Waals surface area contributed by atoms with Crippen LogP contribution in [0.25, 0.3) is 22.3 Å². The Hall–Kier alpha value is -2.63. The summed E-state index contributed by atoms with van der Waals surface area (Å²) in [6.45, 7) is 1.86. The van der Waals surface area contributed by atoms with Gasteiger partial charge in [-0.2, -0.15) is 0 Å². The highest BCUT2D eigenvalue weighted by atomic mass is 16.6. The lowest BCUT2D eigenvalue weighted by atomic mass is 10.0. The highest BCUT2D eigenvalue weighted by Gasteiger charge is 2.13. The molecule has 0 bridgehead atoms. The molecule has 1 N–H and O–H groups in total. The Kier molecular flexibility index (Phi) is 6.85. The minimum atomic E-state index is -0.723. The van der Waals surface area contributed by atoms with E-state index in [1.165, 1.54) is 7.11 Å². The van der Waals surface area contributed by atoms with E-state index in [2.05, 4.69) is 0 Å². The van der Waals surface area contributed by atoms with Gasteiger partial charge in [0.2, 0.25) is 0 Å². The van der Waals surface area contributed by atoms with Gasteiger partial charge in [-0.3, -0.25) is 4.79 Å². The van der Waals surface area contributed by atoms with Crippen LogP contribution < -0.4 is 0 Å². The number of hydrogen-bond donors (Lipinski definition) is 1. The average Bonchev–Trinajstić information content (AvgIpc) is 2.75. The number of unbranched alkanes of at least 4 members (excludes halogenated alkanes) is 1. The number of rotatable bonds is 9. The number of nitrogens with zero attached hydrogens (tertiary/aromatic N) is 2.